The van der Waals surface area contributed by atoms with Crippen molar-refractivity contribution in [2.45, 2.75) is 26.2 Å². The van der Waals surface area contributed by atoms with Crippen LogP contribution in [-0.2, 0) is 0 Å². The number of anilines is 1. The Kier molecular flexibility index (Phi) is 2.74. The van der Waals surface area contributed by atoms with E-state index in [0.717, 1.165) is 36.8 Å². The number of aromatic nitrogens is 4. The summed E-state index contributed by atoms with van der Waals surface area (Å²) in [6, 6.07) is 4.06. The van der Waals surface area contributed by atoms with Crippen LogP contribution < -0.4 is 4.90 Å². The number of nitrogens with one attached hydrogen (secondary N) is 1. The summed E-state index contributed by atoms with van der Waals surface area (Å²) in [6.45, 7) is 6.00. The van der Waals surface area contributed by atoms with Crippen molar-refractivity contribution in [1.82, 2.24) is 20.2 Å². The first kappa shape index (κ1) is 11.2. The first-order valence-corrected chi connectivity index (χ1v) is 6.29. The van der Waals surface area contributed by atoms with Crippen molar-refractivity contribution in [3.05, 3.63) is 35.4 Å². The zero-order valence-electron chi connectivity index (χ0n) is 10.7. The molecular formula is C13H17N5. The number of H-pyrrole nitrogens is 1. The third kappa shape index (κ3) is 2.08. The molecular weight excluding hydrogens is 226 g/mol. The summed E-state index contributed by atoms with van der Waals surface area (Å²) < 4.78 is 0. The Labute approximate surface area is 106 Å². The van der Waals surface area contributed by atoms with Crippen molar-refractivity contribution < 1.29 is 0 Å². The van der Waals surface area contributed by atoms with Crippen molar-refractivity contribution in [3.63, 3.8) is 0 Å². The minimum Gasteiger partial charge on any atom is -0.340 e. The van der Waals surface area contributed by atoms with Crippen LogP contribution in [0.4, 0.5) is 5.95 Å². The number of aryl methyl sites for hydroxylation is 2. The predicted octanol–water partition coefficient (Wildman–Crippen LogP) is 1.81. The fourth-order valence-corrected chi connectivity index (χ4v) is 2.54. The molecule has 3 rings (SSSR count). The normalized spacial score (nSPS) is 19.4. The summed E-state index contributed by atoms with van der Waals surface area (Å²) in [5, 5.41) is 7.07. The molecule has 94 valence electrons. The summed E-state index contributed by atoms with van der Waals surface area (Å²) in [5.74, 6) is 1.37. The molecule has 0 saturated carbocycles. The van der Waals surface area contributed by atoms with Crippen LogP contribution in [-0.4, -0.2) is 33.3 Å². The molecule has 0 aromatic carbocycles. The number of rotatable bonds is 2. The molecule has 1 aliphatic heterocycles. The van der Waals surface area contributed by atoms with E-state index in [2.05, 4.69) is 31.1 Å². The third-order valence-corrected chi connectivity index (χ3v) is 3.40. The molecule has 0 spiro atoms. The maximum Gasteiger partial charge on any atom is 0.225 e. The van der Waals surface area contributed by atoms with Crippen LogP contribution in [0.5, 0.6) is 0 Å². The van der Waals surface area contributed by atoms with Gasteiger partial charge in [-0.05, 0) is 32.4 Å². The van der Waals surface area contributed by atoms with Crippen LogP contribution in [0.15, 0.2) is 18.3 Å². The fourth-order valence-electron chi connectivity index (χ4n) is 2.54. The highest BCUT2D eigenvalue weighted by Crippen LogP contribution is 2.27. The Balaban J connectivity index is 1.79. The van der Waals surface area contributed by atoms with E-state index in [9.17, 15) is 0 Å². The highest BCUT2D eigenvalue weighted by molar-refractivity contribution is 5.35. The van der Waals surface area contributed by atoms with E-state index < -0.39 is 0 Å². The Bertz CT molecular complexity index is 514. The molecule has 1 aliphatic rings. The maximum atomic E-state index is 4.52. The number of aromatic amines is 1. The average molecular weight is 243 g/mol. The van der Waals surface area contributed by atoms with E-state index in [1.807, 2.05) is 26.1 Å². The molecule has 1 N–H and O–H groups in total. The van der Waals surface area contributed by atoms with Gasteiger partial charge in [-0.25, -0.2) is 9.97 Å². The molecule has 0 aliphatic carbocycles. The van der Waals surface area contributed by atoms with Crippen LogP contribution in [0.1, 0.15) is 29.4 Å². The Morgan fingerprint density at radius 1 is 1.28 bits per heavy atom. The third-order valence-electron chi connectivity index (χ3n) is 3.40. The second-order valence-electron chi connectivity index (χ2n) is 4.89. The highest BCUT2D eigenvalue weighted by Gasteiger charge is 2.26. The van der Waals surface area contributed by atoms with E-state index in [0.29, 0.717) is 5.92 Å². The van der Waals surface area contributed by atoms with E-state index >= 15 is 0 Å². The zero-order chi connectivity index (χ0) is 12.5. The van der Waals surface area contributed by atoms with Gasteiger partial charge in [-0.1, -0.05) is 0 Å². The van der Waals surface area contributed by atoms with Gasteiger partial charge in [0.05, 0.1) is 0 Å². The lowest BCUT2D eigenvalue weighted by Gasteiger charge is -2.16. The Hall–Kier alpha value is -1.91. The van der Waals surface area contributed by atoms with Gasteiger partial charge in [0, 0.05) is 42.3 Å². The molecule has 2 aromatic heterocycles. The van der Waals surface area contributed by atoms with E-state index in [-0.39, 0.29) is 0 Å². The molecule has 0 amide bonds. The van der Waals surface area contributed by atoms with Gasteiger partial charge in [-0.3, -0.25) is 5.10 Å². The largest absolute Gasteiger partial charge is 0.340 e. The number of hydrogen-bond donors (Lipinski definition) is 1. The van der Waals surface area contributed by atoms with Crippen molar-refractivity contribution in [2.75, 3.05) is 18.0 Å². The highest BCUT2D eigenvalue weighted by atomic mass is 15.3. The van der Waals surface area contributed by atoms with Gasteiger partial charge in [-0.2, -0.15) is 5.10 Å². The lowest BCUT2D eigenvalue weighted by Crippen LogP contribution is -2.22. The molecule has 1 fully saturated rings. The quantitative estimate of drug-likeness (QED) is 0.874. The standard InChI is InChI=1S/C13H17N5/c1-9-7-10(2)16-13(15-9)18-6-4-11(8-18)12-3-5-14-17-12/h3,5,7,11H,4,6,8H2,1-2H3,(H,14,17)/t11-/m1/s1. The van der Waals surface area contributed by atoms with Gasteiger partial charge < -0.3 is 4.90 Å². The van der Waals surface area contributed by atoms with Gasteiger partial charge in [0.2, 0.25) is 5.95 Å². The number of hydrogen-bond acceptors (Lipinski definition) is 4. The molecule has 3 heterocycles. The molecule has 1 saturated heterocycles. The maximum absolute atomic E-state index is 4.52. The van der Waals surface area contributed by atoms with Gasteiger partial charge in [0.15, 0.2) is 0 Å². The molecule has 0 bridgehead atoms. The summed E-state index contributed by atoms with van der Waals surface area (Å²) in [5.41, 5.74) is 3.27. The first-order valence-electron chi connectivity index (χ1n) is 6.29. The van der Waals surface area contributed by atoms with Gasteiger partial charge in [0.1, 0.15) is 0 Å². The van der Waals surface area contributed by atoms with Crippen molar-refractivity contribution in [1.29, 1.82) is 0 Å². The van der Waals surface area contributed by atoms with Crippen LogP contribution in [0.3, 0.4) is 0 Å². The van der Waals surface area contributed by atoms with Crippen LogP contribution in [0.2, 0.25) is 0 Å². The van der Waals surface area contributed by atoms with Gasteiger partial charge >= 0.3 is 0 Å². The lowest BCUT2D eigenvalue weighted by molar-refractivity contribution is 0.736. The second kappa shape index (κ2) is 4.40. The molecule has 5 heteroatoms. The minimum atomic E-state index is 0.511. The van der Waals surface area contributed by atoms with Crippen molar-refractivity contribution in [2.24, 2.45) is 0 Å². The smallest absolute Gasteiger partial charge is 0.225 e. The first-order chi connectivity index (χ1) is 8.72. The average Bonchev–Trinajstić information content (AvgIpc) is 2.99. The van der Waals surface area contributed by atoms with Crippen molar-refractivity contribution in [3.8, 4) is 0 Å². The minimum absolute atomic E-state index is 0.511. The predicted molar refractivity (Wildman–Crippen MR) is 69.7 cm³/mol. The van der Waals surface area contributed by atoms with Crippen LogP contribution in [0, 0.1) is 13.8 Å². The van der Waals surface area contributed by atoms with E-state index in [4.69, 9.17) is 0 Å². The molecule has 5 nitrogen and oxygen atoms in total. The van der Waals surface area contributed by atoms with Crippen LogP contribution in [0.25, 0.3) is 0 Å². The van der Waals surface area contributed by atoms with Gasteiger partial charge in [-0.15, -0.1) is 0 Å². The molecule has 18 heavy (non-hydrogen) atoms. The Morgan fingerprint density at radius 3 is 2.72 bits per heavy atom. The molecule has 1 atom stereocenters. The van der Waals surface area contributed by atoms with Crippen LogP contribution >= 0.6 is 0 Å². The Morgan fingerprint density at radius 2 is 2.06 bits per heavy atom. The van der Waals surface area contributed by atoms with Crippen molar-refractivity contribution >= 4 is 5.95 Å². The van der Waals surface area contributed by atoms with E-state index in [1.54, 1.807) is 0 Å². The topological polar surface area (TPSA) is 57.7 Å². The summed E-state index contributed by atoms with van der Waals surface area (Å²) >= 11 is 0. The summed E-state index contributed by atoms with van der Waals surface area (Å²) in [7, 11) is 0. The fraction of sp³-hybridized carbons (Fsp3) is 0.462. The molecule has 0 radical (unpaired) electrons. The monoisotopic (exact) mass is 243 g/mol. The van der Waals surface area contributed by atoms with Gasteiger partial charge in [0.25, 0.3) is 0 Å². The summed E-state index contributed by atoms with van der Waals surface area (Å²) in [4.78, 5) is 11.3. The number of nitrogens with zero attached hydrogens (tertiary/aromatic N) is 4. The molecule has 0 unspecified atom stereocenters. The SMILES string of the molecule is Cc1cc(C)nc(N2CC[C@@H](c3ccn[nH]3)C2)n1. The zero-order valence-corrected chi connectivity index (χ0v) is 10.7. The summed E-state index contributed by atoms with van der Waals surface area (Å²) in [6.07, 6.45) is 2.93. The molecule has 2 aromatic rings. The second-order valence-corrected chi connectivity index (χ2v) is 4.89. The lowest BCUT2D eigenvalue weighted by atomic mass is 10.1. The van der Waals surface area contributed by atoms with E-state index in [1.165, 1.54) is 5.69 Å².